The topological polar surface area (TPSA) is 55.1 Å². The molecule has 0 spiro atoms. The van der Waals surface area contributed by atoms with E-state index in [1.807, 2.05) is 0 Å². The Morgan fingerprint density at radius 3 is 2.50 bits per heavy atom. The van der Waals surface area contributed by atoms with Gasteiger partial charge in [0.2, 0.25) is 5.91 Å². The molecule has 2 rings (SSSR count). The molecule has 0 atom stereocenters. The van der Waals surface area contributed by atoms with E-state index in [1.165, 1.54) is 6.07 Å². The second-order valence-electron chi connectivity index (χ2n) is 5.42. The maximum atomic E-state index is 13.0. The van der Waals surface area contributed by atoms with Crippen LogP contribution in [0.25, 0.3) is 0 Å². The maximum absolute atomic E-state index is 13.0. The molecule has 1 aliphatic rings. The molecular weight excluding hydrogens is 262 g/mol. The number of carbonyl (C=O) groups is 1. The summed E-state index contributed by atoms with van der Waals surface area (Å²) in [6.45, 7) is 0.913. The van der Waals surface area contributed by atoms with Crippen LogP contribution in [-0.2, 0) is 11.3 Å². The average molecular weight is 282 g/mol. The second kappa shape index (κ2) is 6.79. The Labute approximate surface area is 117 Å². The molecule has 110 valence electrons. The Morgan fingerprint density at radius 2 is 1.90 bits per heavy atom. The lowest BCUT2D eigenvalue weighted by atomic mass is 9.81. The van der Waals surface area contributed by atoms with Crippen LogP contribution in [0.5, 0.6) is 0 Å². The largest absolute Gasteiger partial charge is 0.352 e. The van der Waals surface area contributed by atoms with Crippen LogP contribution in [0.1, 0.15) is 31.2 Å². The zero-order chi connectivity index (χ0) is 14.5. The molecule has 1 aliphatic carbocycles. The molecule has 0 saturated heterocycles. The highest BCUT2D eigenvalue weighted by atomic mass is 19.2. The van der Waals surface area contributed by atoms with E-state index in [9.17, 15) is 13.6 Å². The van der Waals surface area contributed by atoms with Gasteiger partial charge >= 0.3 is 0 Å². The van der Waals surface area contributed by atoms with Crippen LogP contribution in [-0.4, -0.2) is 12.5 Å². The Kier molecular flexibility index (Phi) is 5.06. The summed E-state index contributed by atoms with van der Waals surface area (Å²) in [5.41, 5.74) is 6.18. The summed E-state index contributed by atoms with van der Waals surface area (Å²) < 4.78 is 25.8. The number of hydrogen-bond acceptors (Lipinski definition) is 2. The first-order valence-corrected chi connectivity index (χ1v) is 7.02. The first-order valence-electron chi connectivity index (χ1n) is 7.02. The molecule has 0 aromatic heterocycles. The molecule has 20 heavy (non-hydrogen) atoms. The first kappa shape index (κ1) is 14.9. The lowest BCUT2D eigenvalue weighted by molar-refractivity contribution is -0.126. The number of rotatable bonds is 4. The van der Waals surface area contributed by atoms with Crippen molar-refractivity contribution in [3.05, 3.63) is 35.4 Å². The van der Waals surface area contributed by atoms with Crippen molar-refractivity contribution in [2.24, 2.45) is 17.6 Å². The minimum atomic E-state index is -0.889. The number of amides is 1. The highest BCUT2D eigenvalue weighted by Gasteiger charge is 2.25. The Hall–Kier alpha value is -1.49. The van der Waals surface area contributed by atoms with E-state index in [4.69, 9.17) is 5.73 Å². The van der Waals surface area contributed by atoms with Crippen molar-refractivity contribution >= 4 is 5.91 Å². The van der Waals surface area contributed by atoms with E-state index in [0.29, 0.717) is 18.0 Å². The molecule has 3 nitrogen and oxygen atoms in total. The van der Waals surface area contributed by atoms with Crippen molar-refractivity contribution in [3.63, 3.8) is 0 Å². The van der Waals surface area contributed by atoms with Crippen LogP contribution in [0.2, 0.25) is 0 Å². The second-order valence-corrected chi connectivity index (χ2v) is 5.42. The highest BCUT2D eigenvalue weighted by molar-refractivity contribution is 5.78. The van der Waals surface area contributed by atoms with Crippen molar-refractivity contribution in [3.8, 4) is 0 Å². The van der Waals surface area contributed by atoms with Gasteiger partial charge in [-0.05, 0) is 55.8 Å². The van der Waals surface area contributed by atoms with E-state index in [-0.39, 0.29) is 18.4 Å². The number of nitrogens with one attached hydrogen (secondary N) is 1. The fourth-order valence-electron chi connectivity index (χ4n) is 2.64. The zero-order valence-corrected chi connectivity index (χ0v) is 11.4. The van der Waals surface area contributed by atoms with Crippen LogP contribution in [0.3, 0.4) is 0 Å². The summed E-state index contributed by atoms with van der Waals surface area (Å²) in [7, 11) is 0. The highest BCUT2D eigenvalue weighted by Crippen LogP contribution is 2.28. The molecule has 1 fully saturated rings. The van der Waals surface area contributed by atoms with E-state index in [1.54, 1.807) is 0 Å². The minimum Gasteiger partial charge on any atom is -0.352 e. The van der Waals surface area contributed by atoms with Gasteiger partial charge in [-0.3, -0.25) is 4.79 Å². The lowest BCUT2D eigenvalue weighted by Gasteiger charge is -2.26. The molecule has 5 heteroatoms. The van der Waals surface area contributed by atoms with E-state index in [0.717, 1.165) is 37.8 Å². The molecule has 0 radical (unpaired) electrons. The number of carbonyl (C=O) groups excluding carboxylic acids is 1. The monoisotopic (exact) mass is 282 g/mol. The smallest absolute Gasteiger partial charge is 0.223 e. The normalized spacial score (nSPS) is 22.6. The molecule has 0 heterocycles. The fraction of sp³-hybridized carbons (Fsp3) is 0.533. The van der Waals surface area contributed by atoms with Crippen LogP contribution >= 0.6 is 0 Å². The van der Waals surface area contributed by atoms with Gasteiger partial charge in [-0.15, -0.1) is 0 Å². The van der Waals surface area contributed by atoms with Crippen molar-refractivity contribution < 1.29 is 13.6 Å². The summed E-state index contributed by atoms with van der Waals surface area (Å²) in [6.07, 6.45) is 3.68. The minimum absolute atomic E-state index is 0.00907. The van der Waals surface area contributed by atoms with Crippen molar-refractivity contribution in [1.82, 2.24) is 5.32 Å². The summed E-state index contributed by atoms with van der Waals surface area (Å²) >= 11 is 0. The Bertz CT molecular complexity index is 471. The predicted octanol–water partition coefficient (Wildman–Crippen LogP) is 2.35. The standard InChI is InChI=1S/C15H20F2N2O/c16-13-6-3-11(7-14(13)17)9-19-15(20)12-4-1-10(8-18)2-5-12/h3,6-7,10,12H,1-2,4-5,8-9,18H2,(H,19,20). The molecule has 1 aromatic carbocycles. The van der Waals surface area contributed by atoms with Crippen LogP contribution in [0, 0.1) is 23.5 Å². The van der Waals surface area contributed by atoms with Gasteiger partial charge in [0.1, 0.15) is 0 Å². The number of nitrogens with two attached hydrogens (primary N) is 1. The van der Waals surface area contributed by atoms with Gasteiger partial charge in [-0.2, -0.15) is 0 Å². The van der Waals surface area contributed by atoms with Crippen molar-refractivity contribution in [1.29, 1.82) is 0 Å². The molecule has 1 amide bonds. The maximum Gasteiger partial charge on any atom is 0.223 e. The Morgan fingerprint density at radius 1 is 1.20 bits per heavy atom. The van der Waals surface area contributed by atoms with Crippen LogP contribution in [0.4, 0.5) is 8.78 Å². The predicted molar refractivity (Wildman–Crippen MR) is 72.7 cm³/mol. The van der Waals surface area contributed by atoms with Crippen molar-refractivity contribution in [2.75, 3.05) is 6.54 Å². The van der Waals surface area contributed by atoms with Gasteiger partial charge in [0.15, 0.2) is 11.6 Å². The average Bonchev–Trinajstić information content (AvgIpc) is 2.48. The summed E-state index contributed by atoms with van der Waals surface area (Å²) in [6, 6.07) is 3.66. The summed E-state index contributed by atoms with van der Waals surface area (Å²) in [5.74, 6) is -1.22. The quantitative estimate of drug-likeness (QED) is 0.890. The van der Waals surface area contributed by atoms with Gasteiger partial charge in [-0.25, -0.2) is 8.78 Å². The molecule has 3 N–H and O–H groups in total. The third kappa shape index (κ3) is 3.76. The lowest BCUT2D eigenvalue weighted by Crippen LogP contribution is -2.34. The van der Waals surface area contributed by atoms with Crippen molar-refractivity contribution in [2.45, 2.75) is 32.2 Å². The fourth-order valence-corrected chi connectivity index (χ4v) is 2.64. The molecule has 0 unspecified atom stereocenters. The van der Waals surface area contributed by atoms with Gasteiger partial charge in [0, 0.05) is 12.5 Å². The molecule has 0 bridgehead atoms. The van der Waals surface area contributed by atoms with Gasteiger partial charge in [0.05, 0.1) is 0 Å². The van der Waals surface area contributed by atoms with Crippen LogP contribution in [0.15, 0.2) is 18.2 Å². The SMILES string of the molecule is NCC1CCC(C(=O)NCc2ccc(F)c(F)c2)CC1. The number of halogens is 2. The third-order valence-corrected chi connectivity index (χ3v) is 4.00. The van der Waals surface area contributed by atoms with E-state index < -0.39 is 11.6 Å². The van der Waals surface area contributed by atoms with Gasteiger partial charge in [0.25, 0.3) is 0 Å². The Balaban J connectivity index is 1.81. The van der Waals surface area contributed by atoms with Gasteiger partial charge < -0.3 is 11.1 Å². The summed E-state index contributed by atoms with van der Waals surface area (Å²) in [5, 5.41) is 2.79. The molecule has 0 aliphatic heterocycles. The van der Waals surface area contributed by atoms with Gasteiger partial charge in [-0.1, -0.05) is 6.07 Å². The first-order chi connectivity index (χ1) is 9.60. The summed E-state index contributed by atoms with van der Waals surface area (Å²) in [4.78, 5) is 12.0. The number of hydrogen-bond donors (Lipinski definition) is 2. The van der Waals surface area contributed by atoms with E-state index in [2.05, 4.69) is 5.32 Å². The number of benzene rings is 1. The molecular formula is C15H20F2N2O. The zero-order valence-electron chi connectivity index (χ0n) is 11.4. The molecule has 1 saturated carbocycles. The van der Waals surface area contributed by atoms with Crippen LogP contribution < -0.4 is 11.1 Å². The van der Waals surface area contributed by atoms with E-state index >= 15 is 0 Å². The molecule has 1 aromatic rings. The third-order valence-electron chi connectivity index (χ3n) is 4.00.